The third-order valence-corrected chi connectivity index (χ3v) is 1.69. The molecule has 0 spiro atoms. The van der Waals surface area contributed by atoms with Crippen LogP contribution in [0.25, 0.3) is 0 Å². The topological polar surface area (TPSA) is 41.8 Å². The van der Waals surface area contributed by atoms with Gasteiger partial charge in [0.1, 0.15) is 5.75 Å². The fraction of sp³-hybridized carbons (Fsp3) is 0.300. The molecule has 14 heavy (non-hydrogen) atoms. The van der Waals surface area contributed by atoms with E-state index >= 15 is 0 Å². The van der Waals surface area contributed by atoms with Crippen molar-refractivity contribution in [3.8, 4) is 5.75 Å². The summed E-state index contributed by atoms with van der Waals surface area (Å²) in [5.41, 5.74) is 0. The van der Waals surface area contributed by atoms with Crippen molar-refractivity contribution in [2.24, 2.45) is 4.99 Å². The molecule has 1 rings (SSSR count). The third kappa shape index (κ3) is 3.66. The minimum atomic E-state index is -0.445. The maximum absolute atomic E-state index is 8.74. The summed E-state index contributed by atoms with van der Waals surface area (Å²) in [6.45, 7) is 0.0119. The minimum absolute atomic E-state index is 0.0119. The monoisotopic (exact) mass is 209 g/mol. The zero-order valence-electron chi connectivity index (χ0n) is 7.59. The zero-order valence-corrected chi connectivity index (χ0v) is 8.41. The van der Waals surface area contributed by atoms with Gasteiger partial charge >= 0.3 is 0 Å². The summed E-state index contributed by atoms with van der Waals surface area (Å²) < 4.78 is 5.44. The van der Waals surface area contributed by atoms with Crippen LogP contribution in [0.4, 0.5) is 0 Å². The van der Waals surface area contributed by atoms with Crippen LogP contribution in [0.5, 0.6) is 5.75 Å². The van der Waals surface area contributed by atoms with Gasteiger partial charge in [0, 0.05) is 13.0 Å². The molecule has 0 saturated heterocycles. The van der Waals surface area contributed by atoms with Crippen molar-refractivity contribution < 1.29 is 9.84 Å². The molecule has 1 atom stereocenters. The number of rotatable bonds is 5. The first-order valence-corrected chi connectivity index (χ1v) is 4.67. The molecule has 1 aromatic rings. The fourth-order valence-electron chi connectivity index (χ4n) is 0.975. The minimum Gasteiger partial charge on any atom is -0.468 e. The molecule has 0 heterocycles. The Morgan fingerprint density at radius 2 is 2.14 bits per heavy atom. The van der Waals surface area contributed by atoms with Crippen LogP contribution in [-0.2, 0) is 0 Å². The highest BCUT2D eigenvalue weighted by Gasteiger charge is 2.06. The van der Waals surface area contributed by atoms with Gasteiger partial charge in [-0.15, -0.1) is 0 Å². The molecular weight excluding hydrogens is 198 g/mol. The van der Waals surface area contributed by atoms with Crippen LogP contribution in [0, 0.1) is 0 Å². The number of nitrogens with zero attached hydrogens (tertiary/aromatic N) is 1. The molecule has 0 amide bonds. The number of benzene rings is 1. The second kappa shape index (κ2) is 6.27. The average molecular weight is 209 g/mol. The van der Waals surface area contributed by atoms with Gasteiger partial charge in [-0.1, -0.05) is 18.2 Å². The summed E-state index contributed by atoms with van der Waals surface area (Å²) in [6.07, 6.45) is -0.0293. The predicted octanol–water partition coefficient (Wildman–Crippen LogP) is 1.88. The molecule has 3 nitrogen and oxygen atoms in total. The summed E-state index contributed by atoms with van der Waals surface area (Å²) in [5.74, 6) is 0.708. The molecule has 4 heteroatoms. The highest BCUT2D eigenvalue weighted by atomic mass is 32.1. The van der Waals surface area contributed by atoms with Crippen LogP contribution in [-0.4, -0.2) is 23.1 Å². The number of isothiocyanates is 1. The summed E-state index contributed by atoms with van der Waals surface area (Å²) in [5, 5.41) is 11.0. The predicted molar refractivity (Wildman–Crippen MR) is 57.6 cm³/mol. The second-order valence-electron chi connectivity index (χ2n) is 2.62. The smallest absolute Gasteiger partial charge is 0.201 e. The molecule has 1 N–H and O–H groups in total. The van der Waals surface area contributed by atoms with E-state index in [1.54, 1.807) is 0 Å². The molecule has 0 aromatic heterocycles. The van der Waals surface area contributed by atoms with E-state index in [9.17, 15) is 0 Å². The van der Waals surface area contributed by atoms with Gasteiger partial charge in [-0.2, -0.15) is 4.99 Å². The van der Waals surface area contributed by atoms with Crippen LogP contribution in [0.15, 0.2) is 35.3 Å². The molecule has 0 aliphatic heterocycles. The molecule has 0 saturated carbocycles. The number of aliphatic hydroxyl groups is 1. The Labute approximate surface area is 88.1 Å². The van der Waals surface area contributed by atoms with Gasteiger partial charge in [0.15, 0.2) is 0 Å². The molecule has 0 radical (unpaired) electrons. The molecule has 0 aliphatic carbocycles. The number of ether oxygens (including phenoxy) is 1. The number of hydrogen-bond donors (Lipinski definition) is 1. The first-order chi connectivity index (χ1) is 6.86. The van der Waals surface area contributed by atoms with Crippen LogP contribution in [0.3, 0.4) is 0 Å². The Morgan fingerprint density at radius 3 is 2.71 bits per heavy atom. The summed E-state index contributed by atoms with van der Waals surface area (Å²) >= 11 is 4.48. The molecule has 1 aromatic carbocycles. The second-order valence-corrected chi connectivity index (χ2v) is 2.80. The summed E-state index contributed by atoms with van der Waals surface area (Å²) in [6, 6.07) is 9.28. The van der Waals surface area contributed by atoms with E-state index in [2.05, 4.69) is 22.4 Å². The number of para-hydroxylation sites is 1. The molecule has 74 valence electrons. The van der Waals surface area contributed by atoms with Gasteiger partial charge in [0.05, 0.1) is 5.16 Å². The van der Waals surface area contributed by atoms with Gasteiger partial charge in [0.25, 0.3) is 0 Å². The van der Waals surface area contributed by atoms with Crippen LogP contribution in [0.2, 0.25) is 0 Å². The van der Waals surface area contributed by atoms with Gasteiger partial charge in [-0.3, -0.25) is 0 Å². The zero-order chi connectivity index (χ0) is 10.2. The van der Waals surface area contributed by atoms with Gasteiger partial charge < -0.3 is 9.84 Å². The Balaban J connectivity index is 2.59. The first kappa shape index (κ1) is 10.9. The Kier molecular flexibility index (Phi) is 4.86. The van der Waals surface area contributed by atoms with E-state index in [-0.39, 0.29) is 6.61 Å². The number of hydrogen-bond acceptors (Lipinski definition) is 4. The maximum atomic E-state index is 8.74. The Bertz CT molecular complexity index is 309. The van der Waals surface area contributed by atoms with Crippen molar-refractivity contribution in [2.75, 3.05) is 6.61 Å². The van der Waals surface area contributed by atoms with Crippen molar-refractivity contribution in [3.63, 3.8) is 0 Å². The highest BCUT2D eigenvalue weighted by Crippen LogP contribution is 2.12. The van der Waals surface area contributed by atoms with E-state index in [1.165, 1.54) is 0 Å². The quantitative estimate of drug-likeness (QED) is 0.594. The first-order valence-electron chi connectivity index (χ1n) is 4.26. The normalized spacial score (nSPS) is 11.5. The Morgan fingerprint density at radius 1 is 1.43 bits per heavy atom. The maximum Gasteiger partial charge on any atom is 0.201 e. The molecule has 0 aliphatic rings. The van der Waals surface area contributed by atoms with E-state index in [0.717, 1.165) is 0 Å². The van der Waals surface area contributed by atoms with E-state index in [1.807, 2.05) is 30.3 Å². The van der Waals surface area contributed by atoms with E-state index in [4.69, 9.17) is 9.84 Å². The van der Waals surface area contributed by atoms with E-state index < -0.39 is 6.23 Å². The lowest BCUT2D eigenvalue weighted by atomic mass is 10.3. The SMILES string of the molecule is OCCC(N=C=S)Oc1ccccc1. The van der Waals surface area contributed by atoms with Crippen LogP contribution < -0.4 is 4.74 Å². The standard InChI is InChI=1S/C10H11NO2S/c12-7-6-10(11-8-14)13-9-4-2-1-3-5-9/h1-5,10,12H,6-7H2. The lowest BCUT2D eigenvalue weighted by molar-refractivity contribution is 0.162. The highest BCUT2D eigenvalue weighted by molar-refractivity contribution is 7.78. The molecule has 0 bridgehead atoms. The lowest BCUT2D eigenvalue weighted by Crippen LogP contribution is -2.15. The Hall–Kier alpha value is -1.22. The summed E-state index contributed by atoms with van der Waals surface area (Å²) in [7, 11) is 0. The van der Waals surface area contributed by atoms with Crippen LogP contribution >= 0.6 is 12.2 Å². The molecule has 1 unspecified atom stereocenters. The summed E-state index contributed by atoms with van der Waals surface area (Å²) in [4.78, 5) is 3.79. The van der Waals surface area contributed by atoms with Crippen molar-refractivity contribution in [1.29, 1.82) is 0 Å². The van der Waals surface area contributed by atoms with Gasteiger partial charge in [-0.05, 0) is 24.4 Å². The lowest BCUT2D eigenvalue weighted by Gasteiger charge is -2.12. The largest absolute Gasteiger partial charge is 0.468 e. The third-order valence-electron chi connectivity index (χ3n) is 1.59. The average Bonchev–Trinajstić information content (AvgIpc) is 2.20. The van der Waals surface area contributed by atoms with E-state index in [0.29, 0.717) is 12.2 Å². The molecule has 0 fully saturated rings. The molecular formula is C10H11NO2S. The van der Waals surface area contributed by atoms with Crippen molar-refractivity contribution in [2.45, 2.75) is 12.6 Å². The number of aliphatic imine (C=N–C) groups is 1. The van der Waals surface area contributed by atoms with Gasteiger partial charge in [-0.25, -0.2) is 0 Å². The van der Waals surface area contributed by atoms with Crippen molar-refractivity contribution >= 4 is 17.4 Å². The fourth-order valence-corrected chi connectivity index (χ4v) is 1.09. The number of thiocarbonyl (C=S) groups is 1. The van der Waals surface area contributed by atoms with Gasteiger partial charge in [0.2, 0.25) is 6.23 Å². The van der Waals surface area contributed by atoms with Crippen LogP contribution in [0.1, 0.15) is 6.42 Å². The van der Waals surface area contributed by atoms with Crippen molar-refractivity contribution in [3.05, 3.63) is 30.3 Å². The van der Waals surface area contributed by atoms with Crippen molar-refractivity contribution in [1.82, 2.24) is 0 Å². The number of aliphatic hydroxyl groups excluding tert-OH is 1.